The zero-order valence-corrected chi connectivity index (χ0v) is 14.1. The van der Waals surface area contributed by atoms with Crippen LogP contribution >= 0.6 is 0 Å². The van der Waals surface area contributed by atoms with E-state index in [0.29, 0.717) is 12.0 Å². The molecular weight excluding hydrogens is 322 g/mol. The van der Waals surface area contributed by atoms with Gasteiger partial charge in [-0.3, -0.25) is 0 Å². The SMILES string of the molecule is C=CCC1Oc2cccc(C=C)c2-c2ccc(CS(N)(=O)=O)cc21. The molecule has 0 amide bonds. The number of hydrogen-bond acceptors (Lipinski definition) is 3. The van der Waals surface area contributed by atoms with Gasteiger partial charge in [0.2, 0.25) is 10.0 Å². The summed E-state index contributed by atoms with van der Waals surface area (Å²) < 4.78 is 28.9. The van der Waals surface area contributed by atoms with Crippen LogP contribution in [-0.4, -0.2) is 8.42 Å². The van der Waals surface area contributed by atoms with Crippen molar-refractivity contribution >= 4 is 16.1 Å². The molecule has 0 fully saturated rings. The van der Waals surface area contributed by atoms with Crippen molar-refractivity contribution < 1.29 is 13.2 Å². The van der Waals surface area contributed by atoms with Crippen LogP contribution in [0.4, 0.5) is 0 Å². The second-order valence-electron chi connectivity index (χ2n) is 5.78. The maximum Gasteiger partial charge on any atom is 0.213 e. The fraction of sp³-hybridized carbons (Fsp3) is 0.158. The molecule has 0 bridgehead atoms. The summed E-state index contributed by atoms with van der Waals surface area (Å²) in [6.45, 7) is 7.65. The first-order valence-corrected chi connectivity index (χ1v) is 9.31. The van der Waals surface area contributed by atoms with E-state index in [2.05, 4.69) is 13.2 Å². The summed E-state index contributed by atoms with van der Waals surface area (Å²) in [5, 5.41) is 5.17. The van der Waals surface area contributed by atoms with Gasteiger partial charge < -0.3 is 4.74 Å². The van der Waals surface area contributed by atoms with Gasteiger partial charge in [0.15, 0.2) is 0 Å². The average molecular weight is 341 g/mol. The molecule has 3 rings (SSSR count). The summed E-state index contributed by atoms with van der Waals surface area (Å²) in [5.74, 6) is 0.600. The summed E-state index contributed by atoms with van der Waals surface area (Å²) in [4.78, 5) is 0. The van der Waals surface area contributed by atoms with Crippen molar-refractivity contribution in [2.75, 3.05) is 0 Å². The van der Waals surface area contributed by atoms with Gasteiger partial charge in [0.25, 0.3) is 0 Å². The second-order valence-corrected chi connectivity index (χ2v) is 7.40. The molecule has 0 aromatic heterocycles. The maximum atomic E-state index is 11.4. The van der Waals surface area contributed by atoms with Crippen LogP contribution in [0.3, 0.4) is 0 Å². The molecule has 1 atom stereocenters. The van der Waals surface area contributed by atoms with Crippen molar-refractivity contribution in [2.24, 2.45) is 5.14 Å². The van der Waals surface area contributed by atoms with Gasteiger partial charge in [0.05, 0.1) is 5.75 Å². The lowest BCUT2D eigenvalue weighted by molar-refractivity contribution is 0.206. The number of sulfonamides is 1. The van der Waals surface area contributed by atoms with E-state index in [1.165, 1.54) is 0 Å². The Labute approximate surface area is 142 Å². The van der Waals surface area contributed by atoms with E-state index < -0.39 is 10.0 Å². The minimum absolute atomic E-state index is 0.197. The molecule has 24 heavy (non-hydrogen) atoms. The molecule has 1 unspecified atom stereocenters. The average Bonchev–Trinajstić information content (AvgIpc) is 2.53. The van der Waals surface area contributed by atoms with E-state index in [1.54, 1.807) is 18.2 Å². The molecule has 0 saturated heterocycles. The van der Waals surface area contributed by atoms with E-state index in [0.717, 1.165) is 28.0 Å². The highest BCUT2D eigenvalue weighted by Crippen LogP contribution is 2.45. The zero-order chi connectivity index (χ0) is 17.3. The van der Waals surface area contributed by atoms with E-state index >= 15 is 0 Å². The van der Waals surface area contributed by atoms with Gasteiger partial charge in [-0.1, -0.05) is 49.1 Å². The van der Waals surface area contributed by atoms with Crippen LogP contribution < -0.4 is 9.88 Å². The van der Waals surface area contributed by atoms with Crippen LogP contribution in [0.1, 0.15) is 29.2 Å². The van der Waals surface area contributed by atoms with Gasteiger partial charge in [-0.2, -0.15) is 0 Å². The van der Waals surface area contributed by atoms with Crippen molar-refractivity contribution in [2.45, 2.75) is 18.3 Å². The second kappa shape index (κ2) is 6.26. The van der Waals surface area contributed by atoms with Gasteiger partial charge in [-0.05, 0) is 22.8 Å². The lowest BCUT2D eigenvalue weighted by Gasteiger charge is -2.30. The number of primary sulfonamides is 1. The maximum absolute atomic E-state index is 11.4. The standard InChI is InChI=1S/C19H19NO3S/c1-3-6-17-16-11-13(12-24(20,21)22)9-10-15(16)19-14(4-2)7-5-8-18(19)23-17/h3-5,7-11,17H,1-2,6,12H2,(H2,20,21,22). The molecule has 0 spiro atoms. The first-order chi connectivity index (χ1) is 11.4. The molecule has 1 aliphatic rings. The Morgan fingerprint density at radius 2 is 2.00 bits per heavy atom. The van der Waals surface area contributed by atoms with Crippen LogP contribution in [-0.2, 0) is 15.8 Å². The minimum Gasteiger partial charge on any atom is -0.485 e. The molecule has 0 aliphatic carbocycles. The molecule has 1 heterocycles. The van der Waals surface area contributed by atoms with Gasteiger partial charge >= 0.3 is 0 Å². The highest BCUT2D eigenvalue weighted by molar-refractivity contribution is 7.88. The first kappa shape index (κ1) is 16.5. The Morgan fingerprint density at radius 1 is 1.21 bits per heavy atom. The number of nitrogens with two attached hydrogens (primary N) is 1. The zero-order valence-electron chi connectivity index (χ0n) is 13.2. The largest absolute Gasteiger partial charge is 0.485 e. The Balaban J connectivity index is 2.19. The molecular formula is C19H19NO3S. The van der Waals surface area contributed by atoms with Gasteiger partial charge in [-0.15, -0.1) is 6.58 Å². The molecule has 5 heteroatoms. The molecule has 2 N–H and O–H groups in total. The molecule has 4 nitrogen and oxygen atoms in total. The van der Waals surface area contributed by atoms with E-state index in [-0.39, 0.29) is 11.9 Å². The summed E-state index contributed by atoms with van der Waals surface area (Å²) in [7, 11) is -3.58. The third kappa shape index (κ3) is 3.13. The Morgan fingerprint density at radius 3 is 2.67 bits per heavy atom. The van der Waals surface area contributed by atoms with E-state index in [1.807, 2.05) is 30.3 Å². The predicted octanol–water partition coefficient (Wildman–Crippen LogP) is 3.79. The fourth-order valence-electron chi connectivity index (χ4n) is 3.08. The number of ether oxygens (including phenoxy) is 1. The van der Waals surface area contributed by atoms with Crippen molar-refractivity contribution in [1.29, 1.82) is 0 Å². The summed E-state index contributed by atoms with van der Waals surface area (Å²) in [6.07, 6.45) is 4.01. The third-order valence-electron chi connectivity index (χ3n) is 4.03. The van der Waals surface area contributed by atoms with Crippen molar-refractivity contribution in [3.05, 3.63) is 72.3 Å². The number of fused-ring (bicyclic) bond motifs is 3. The van der Waals surface area contributed by atoms with Gasteiger partial charge in [0, 0.05) is 17.5 Å². The van der Waals surface area contributed by atoms with Crippen molar-refractivity contribution in [3.8, 4) is 16.9 Å². The van der Waals surface area contributed by atoms with Crippen LogP contribution in [0.5, 0.6) is 5.75 Å². The van der Waals surface area contributed by atoms with Crippen LogP contribution in [0, 0.1) is 0 Å². The fourth-order valence-corrected chi connectivity index (χ4v) is 3.72. The lowest BCUT2D eigenvalue weighted by Crippen LogP contribution is -2.17. The molecule has 124 valence electrons. The molecule has 0 saturated carbocycles. The summed E-state index contributed by atoms with van der Waals surface area (Å²) in [5.41, 5.74) is 4.57. The molecule has 1 aliphatic heterocycles. The highest BCUT2D eigenvalue weighted by atomic mass is 32.2. The quantitative estimate of drug-likeness (QED) is 0.841. The molecule has 2 aromatic carbocycles. The lowest BCUT2D eigenvalue weighted by atomic mass is 9.88. The van der Waals surface area contributed by atoms with Crippen LogP contribution in [0.25, 0.3) is 17.2 Å². The topological polar surface area (TPSA) is 69.4 Å². The third-order valence-corrected chi connectivity index (χ3v) is 4.76. The van der Waals surface area contributed by atoms with Crippen molar-refractivity contribution in [1.82, 2.24) is 0 Å². The van der Waals surface area contributed by atoms with Crippen LogP contribution in [0.15, 0.2) is 55.6 Å². The van der Waals surface area contributed by atoms with Crippen molar-refractivity contribution in [3.63, 3.8) is 0 Å². The highest BCUT2D eigenvalue weighted by Gasteiger charge is 2.27. The van der Waals surface area contributed by atoms with Gasteiger partial charge in [0.1, 0.15) is 11.9 Å². The number of benzene rings is 2. The van der Waals surface area contributed by atoms with E-state index in [4.69, 9.17) is 9.88 Å². The minimum atomic E-state index is -3.58. The Kier molecular flexibility index (Phi) is 4.30. The first-order valence-electron chi connectivity index (χ1n) is 7.59. The monoisotopic (exact) mass is 341 g/mol. The molecule has 2 aromatic rings. The van der Waals surface area contributed by atoms with Gasteiger partial charge in [-0.25, -0.2) is 13.6 Å². The summed E-state index contributed by atoms with van der Waals surface area (Å²) in [6, 6.07) is 11.4. The van der Waals surface area contributed by atoms with E-state index in [9.17, 15) is 8.42 Å². The smallest absolute Gasteiger partial charge is 0.213 e. The Bertz CT molecular complexity index is 916. The Hall–Kier alpha value is -2.37. The van der Waals surface area contributed by atoms with Crippen LogP contribution in [0.2, 0.25) is 0 Å². The summed E-state index contributed by atoms with van der Waals surface area (Å²) >= 11 is 0. The number of hydrogen-bond donors (Lipinski definition) is 1. The molecule has 0 radical (unpaired) electrons. The predicted molar refractivity (Wildman–Crippen MR) is 97.0 cm³/mol. The normalized spacial score (nSPS) is 15.8. The number of rotatable bonds is 5.